The number of nitro benzene ring substituents is 1. The molecule has 1 atom stereocenters. The zero-order valence-corrected chi connectivity index (χ0v) is 14.6. The number of hydrogen-bond acceptors (Lipinski definition) is 7. The van der Waals surface area contributed by atoms with Gasteiger partial charge in [-0.25, -0.2) is 13.4 Å². The Morgan fingerprint density at radius 3 is 2.84 bits per heavy atom. The van der Waals surface area contributed by atoms with Gasteiger partial charge in [0.2, 0.25) is 0 Å². The maximum Gasteiger partial charge on any atom is 0.311 e. The maximum atomic E-state index is 11.9. The van der Waals surface area contributed by atoms with E-state index in [9.17, 15) is 18.5 Å². The molecule has 1 aliphatic rings. The van der Waals surface area contributed by atoms with Crippen LogP contribution >= 0.6 is 0 Å². The lowest BCUT2D eigenvalue weighted by Gasteiger charge is -2.34. The van der Waals surface area contributed by atoms with Crippen LogP contribution < -0.4 is 4.90 Å². The van der Waals surface area contributed by atoms with Crippen molar-refractivity contribution in [2.24, 2.45) is 5.92 Å². The fourth-order valence-corrected chi connectivity index (χ4v) is 4.13. The van der Waals surface area contributed by atoms with Crippen molar-refractivity contribution in [1.29, 1.82) is 0 Å². The number of aromatic nitrogens is 3. The molecule has 2 heterocycles. The lowest BCUT2D eigenvalue weighted by molar-refractivity contribution is -0.387. The molecule has 0 N–H and O–H groups in total. The van der Waals surface area contributed by atoms with Gasteiger partial charge in [0.15, 0.2) is 9.84 Å². The van der Waals surface area contributed by atoms with Crippen LogP contribution in [-0.2, 0) is 16.4 Å². The van der Waals surface area contributed by atoms with Crippen LogP contribution in [0.2, 0.25) is 0 Å². The van der Waals surface area contributed by atoms with Crippen LogP contribution in [-0.4, -0.2) is 47.5 Å². The Hall–Kier alpha value is -2.49. The maximum absolute atomic E-state index is 11.9. The highest BCUT2D eigenvalue weighted by molar-refractivity contribution is 7.90. The molecule has 134 valence electrons. The summed E-state index contributed by atoms with van der Waals surface area (Å²) < 4.78 is 25.6. The number of anilines is 1. The van der Waals surface area contributed by atoms with Crippen molar-refractivity contribution in [1.82, 2.24) is 14.8 Å². The summed E-state index contributed by atoms with van der Waals surface area (Å²) in [7, 11) is -3.68. The first kappa shape index (κ1) is 17.3. The molecule has 10 heteroatoms. The fraction of sp³-hybridized carbons (Fsp3) is 0.467. The van der Waals surface area contributed by atoms with E-state index in [0.29, 0.717) is 25.3 Å². The van der Waals surface area contributed by atoms with Gasteiger partial charge < -0.3 is 4.90 Å². The van der Waals surface area contributed by atoms with Crippen molar-refractivity contribution in [3.05, 3.63) is 41.0 Å². The zero-order chi connectivity index (χ0) is 18.0. The van der Waals surface area contributed by atoms with Gasteiger partial charge in [0, 0.05) is 25.9 Å². The molecule has 0 bridgehead atoms. The minimum atomic E-state index is -3.68. The Bertz CT molecular complexity index is 866. The molecule has 1 fully saturated rings. The van der Waals surface area contributed by atoms with Crippen LogP contribution in [0.4, 0.5) is 11.4 Å². The highest BCUT2D eigenvalue weighted by Gasteiger charge is 2.31. The molecule has 9 nitrogen and oxygen atoms in total. The van der Waals surface area contributed by atoms with Crippen molar-refractivity contribution in [3.63, 3.8) is 0 Å². The Balaban J connectivity index is 1.91. The summed E-state index contributed by atoms with van der Waals surface area (Å²) in [5.41, 5.74) is 0.0163. The molecular formula is C15H19N5O4S. The number of sulfone groups is 1. The molecule has 1 unspecified atom stereocenters. The Labute approximate surface area is 145 Å². The Kier molecular flexibility index (Phi) is 4.71. The molecule has 1 saturated heterocycles. The van der Waals surface area contributed by atoms with E-state index in [0.717, 1.165) is 19.1 Å². The number of benzene rings is 1. The van der Waals surface area contributed by atoms with Crippen molar-refractivity contribution < 1.29 is 13.3 Å². The number of piperidine rings is 1. The van der Waals surface area contributed by atoms with E-state index in [1.165, 1.54) is 12.4 Å². The molecular weight excluding hydrogens is 346 g/mol. The van der Waals surface area contributed by atoms with Crippen molar-refractivity contribution in [2.45, 2.75) is 24.3 Å². The minimum Gasteiger partial charge on any atom is -0.366 e. The van der Waals surface area contributed by atoms with E-state index in [1.54, 1.807) is 23.1 Å². The molecule has 1 aliphatic heterocycles. The molecule has 1 aromatic heterocycles. The third kappa shape index (κ3) is 3.78. The topological polar surface area (TPSA) is 111 Å². The summed E-state index contributed by atoms with van der Waals surface area (Å²) >= 11 is 0. The standard InChI is InChI=1S/C15H19N5O4S/c1-25(23,24)14-6-2-5-13(15(14)20(21)22)18-7-3-4-12(8-18)9-19-11-16-10-17-19/h2,5-6,10-12H,3-4,7-9H2,1H3. The predicted octanol–water partition coefficient (Wildman–Crippen LogP) is 1.51. The first-order chi connectivity index (χ1) is 11.9. The number of para-hydroxylation sites is 1. The van der Waals surface area contributed by atoms with Crippen molar-refractivity contribution in [3.8, 4) is 0 Å². The van der Waals surface area contributed by atoms with Crippen LogP contribution in [0, 0.1) is 16.0 Å². The summed E-state index contributed by atoms with van der Waals surface area (Å²) in [5, 5.41) is 15.7. The highest BCUT2D eigenvalue weighted by atomic mass is 32.2. The molecule has 0 amide bonds. The molecule has 1 aromatic carbocycles. The third-order valence-electron chi connectivity index (χ3n) is 4.33. The third-order valence-corrected chi connectivity index (χ3v) is 5.46. The quantitative estimate of drug-likeness (QED) is 0.583. The summed E-state index contributed by atoms with van der Waals surface area (Å²) in [4.78, 5) is 16.5. The zero-order valence-electron chi connectivity index (χ0n) is 13.8. The fourth-order valence-electron chi connectivity index (χ4n) is 3.27. The second-order valence-corrected chi connectivity index (χ2v) is 8.21. The predicted molar refractivity (Wildman–Crippen MR) is 91.2 cm³/mol. The summed E-state index contributed by atoms with van der Waals surface area (Å²) in [6.45, 7) is 1.94. The van der Waals surface area contributed by atoms with Gasteiger partial charge in [-0.3, -0.25) is 14.8 Å². The Morgan fingerprint density at radius 1 is 1.40 bits per heavy atom. The monoisotopic (exact) mass is 365 g/mol. The van der Waals surface area contributed by atoms with Crippen LogP contribution in [0.25, 0.3) is 0 Å². The van der Waals surface area contributed by atoms with E-state index in [2.05, 4.69) is 10.1 Å². The minimum absolute atomic E-state index is 0.242. The molecule has 3 rings (SSSR count). The van der Waals surface area contributed by atoms with Gasteiger partial charge in [-0.15, -0.1) is 0 Å². The van der Waals surface area contributed by atoms with Gasteiger partial charge in [0.1, 0.15) is 23.2 Å². The number of nitro groups is 1. The first-order valence-corrected chi connectivity index (χ1v) is 9.80. The largest absolute Gasteiger partial charge is 0.366 e. The lowest BCUT2D eigenvalue weighted by atomic mass is 9.97. The number of rotatable bonds is 5. The lowest BCUT2D eigenvalue weighted by Crippen LogP contribution is -2.37. The van der Waals surface area contributed by atoms with E-state index in [4.69, 9.17) is 0 Å². The van der Waals surface area contributed by atoms with Crippen LogP contribution in [0.5, 0.6) is 0 Å². The van der Waals surface area contributed by atoms with Crippen LogP contribution in [0.15, 0.2) is 35.7 Å². The van der Waals surface area contributed by atoms with E-state index >= 15 is 0 Å². The van der Waals surface area contributed by atoms with Gasteiger partial charge in [-0.05, 0) is 30.9 Å². The molecule has 0 spiro atoms. The SMILES string of the molecule is CS(=O)(=O)c1cccc(N2CCCC(Cn3cncn3)C2)c1[N+](=O)[O-]. The molecule has 0 aliphatic carbocycles. The van der Waals surface area contributed by atoms with E-state index in [1.807, 2.05) is 4.90 Å². The van der Waals surface area contributed by atoms with E-state index < -0.39 is 14.8 Å². The molecule has 0 radical (unpaired) electrons. The summed E-state index contributed by atoms with van der Waals surface area (Å²) in [6, 6.07) is 4.46. The Morgan fingerprint density at radius 2 is 2.20 bits per heavy atom. The summed E-state index contributed by atoms with van der Waals surface area (Å²) in [5.74, 6) is 0.261. The highest BCUT2D eigenvalue weighted by Crippen LogP contribution is 2.36. The number of hydrogen-bond donors (Lipinski definition) is 0. The van der Waals surface area contributed by atoms with Crippen molar-refractivity contribution in [2.75, 3.05) is 24.2 Å². The average Bonchev–Trinajstić information content (AvgIpc) is 3.06. The van der Waals surface area contributed by atoms with E-state index in [-0.39, 0.29) is 16.5 Å². The normalized spacial score (nSPS) is 18.3. The van der Waals surface area contributed by atoms with Crippen LogP contribution in [0.3, 0.4) is 0 Å². The summed E-state index contributed by atoms with van der Waals surface area (Å²) in [6.07, 6.45) is 5.96. The van der Waals surface area contributed by atoms with Crippen LogP contribution in [0.1, 0.15) is 12.8 Å². The van der Waals surface area contributed by atoms with Gasteiger partial charge in [0.25, 0.3) is 0 Å². The van der Waals surface area contributed by atoms with Crippen molar-refractivity contribution >= 4 is 21.2 Å². The van der Waals surface area contributed by atoms with Gasteiger partial charge >= 0.3 is 5.69 Å². The second-order valence-electron chi connectivity index (χ2n) is 6.22. The van der Waals surface area contributed by atoms with Gasteiger partial charge in [0.05, 0.1) is 4.92 Å². The molecule has 2 aromatic rings. The smallest absolute Gasteiger partial charge is 0.311 e. The van der Waals surface area contributed by atoms with Gasteiger partial charge in [-0.2, -0.15) is 5.10 Å². The number of nitrogens with zero attached hydrogens (tertiary/aromatic N) is 5. The second kappa shape index (κ2) is 6.79. The average molecular weight is 365 g/mol. The molecule has 25 heavy (non-hydrogen) atoms. The molecule has 0 saturated carbocycles. The van der Waals surface area contributed by atoms with Gasteiger partial charge in [-0.1, -0.05) is 6.07 Å². The first-order valence-electron chi connectivity index (χ1n) is 7.91.